The van der Waals surface area contributed by atoms with Crippen molar-refractivity contribution < 1.29 is 0 Å². The van der Waals surface area contributed by atoms with Crippen LogP contribution in [0, 0.1) is 0 Å². The van der Waals surface area contributed by atoms with Crippen molar-refractivity contribution in [2.75, 3.05) is 6.54 Å². The van der Waals surface area contributed by atoms with Gasteiger partial charge in [0.15, 0.2) is 0 Å². The number of nitrogens with zero attached hydrogens (tertiary/aromatic N) is 2. The Kier molecular flexibility index (Phi) is 3.20. The molecule has 0 N–H and O–H groups in total. The summed E-state index contributed by atoms with van der Waals surface area (Å²) in [6, 6.07) is 7.02. The van der Waals surface area contributed by atoms with Gasteiger partial charge in [-0.25, -0.2) is 0 Å². The van der Waals surface area contributed by atoms with Gasteiger partial charge in [-0.2, -0.15) is 11.3 Å². The topological polar surface area (TPSA) is 16.1 Å². The van der Waals surface area contributed by atoms with Crippen LogP contribution in [0.15, 0.2) is 41.4 Å². The largest absolute Gasteiger partial charge is 0.292 e. The summed E-state index contributed by atoms with van der Waals surface area (Å²) in [5.41, 5.74) is 2.80. The predicted molar refractivity (Wildman–Crippen MR) is 70.9 cm³/mol. The summed E-state index contributed by atoms with van der Waals surface area (Å²) in [5, 5.41) is 4.41. The molecule has 0 bridgehead atoms. The first-order valence-corrected chi connectivity index (χ1v) is 7.03. The van der Waals surface area contributed by atoms with Crippen molar-refractivity contribution in [3.05, 3.63) is 52.5 Å². The van der Waals surface area contributed by atoms with E-state index in [1.807, 2.05) is 18.5 Å². The highest BCUT2D eigenvalue weighted by Gasteiger charge is 2.25. The maximum atomic E-state index is 4.24. The van der Waals surface area contributed by atoms with Crippen molar-refractivity contribution in [2.24, 2.45) is 0 Å². The number of rotatable bonds is 3. The van der Waals surface area contributed by atoms with Crippen molar-refractivity contribution in [3.63, 3.8) is 0 Å². The smallest absolute Gasteiger partial charge is 0.0367 e. The quantitative estimate of drug-likeness (QED) is 0.821. The van der Waals surface area contributed by atoms with Crippen LogP contribution >= 0.6 is 11.3 Å². The van der Waals surface area contributed by atoms with Crippen molar-refractivity contribution in [2.45, 2.75) is 25.4 Å². The second-order valence-corrected chi connectivity index (χ2v) is 5.33. The third-order valence-corrected chi connectivity index (χ3v) is 4.13. The molecule has 2 nitrogen and oxygen atoms in total. The van der Waals surface area contributed by atoms with Crippen molar-refractivity contribution >= 4 is 11.3 Å². The van der Waals surface area contributed by atoms with Crippen molar-refractivity contribution in [1.82, 2.24) is 9.88 Å². The first-order chi connectivity index (χ1) is 8.43. The Bertz CT molecular complexity index is 452. The van der Waals surface area contributed by atoms with Gasteiger partial charge in [0, 0.05) is 25.0 Å². The standard InChI is InChI=1S/C14H16N2S/c1-3-13(9-15-6-1)14-4-2-7-16(14)10-12-5-8-17-11-12/h1,3,5-6,8-9,11,14H,2,4,7,10H2. The molecule has 3 heteroatoms. The lowest BCUT2D eigenvalue weighted by Gasteiger charge is -2.24. The molecule has 0 radical (unpaired) electrons. The Morgan fingerprint density at radius 3 is 3.18 bits per heavy atom. The fraction of sp³-hybridized carbons (Fsp3) is 0.357. The molecule has 1 aliphatic rings. The van der Waals surface area contributed by atoms with E-state index in [0.29, 0.717) is 6.04 Å². The predicted octanol–water partition coefficient (Wildman–Crippen LogP) is 3.48. The molecule has 0 amide bonds. The Hall–Kier alpha value is -1.19. The number of hydrogen-bond donors (Lipinski definition) is 0. The SMILES string of the molecule is c1cncc(C2CCCN2Cc2ccsc2)c1. The fourth-order valence-electron chi connectivity index (χ4n) is 2.58. The van der Waals surface area contributed by atoms with Gasteiger partial charge in [0.25, 0.3) is 0 Å². The summed E-state index contributed by atoms with van der Waals surface area (Å²) in [6.45, 7) is 2.28. The van der Waals surface area contributed by atoms with E-state index in [9.17, 15) is 0 Å². The minimum Gasteiger partial charge on any atom is -0.292 e. The second-order valence-electron chi connectivity index (χ2n) is 4.55. The summed E-state index contributed by atoms with van der Waals surface area (Å²) in [4.78, 5) is 6.80. The van der Waals surface area contributed by atoms with Crippen molar-refractivity contribution in [1.29, 1.82) is 0 Å². The van der Waals surface area contributed by atoms with Gasteiger partial charge < -0.3 is 0 Å². The van der Waals surface area contributed by atoms with Gasteiger partial charge in [0.05, 0.1) is 0 Å². The second kappa shape index (κ2) is 4.98. The van der Waals surface area contributed by atoms with Crippen molar-refractivity contribution in [3.8, 4) is 0 Å². The summed E-state index contributed by atoms with van der Waals surface area (Å²) in [6.07, 6.45) is 6.41. The van der Waals surface area contributed by atoms with Gasteiger partial charge in [-0.15, -0.1) is 0 Å². The minimum atomic E-state index is 0.559. The van der Waals surface area contributed by atoms with Crippen LogP contribution in [0.1, 0.15) is 30.0 Å². The first-order valence-electron chi connectivity index (χ1n) is 6.08. The number of likely N-dealkylation sites (tertiary alicyclic amines) is 1. The van der Waals surface area contributed by atoms with Gasteiger partial charge in [0.1, 0.15) is 0 Å². The molecule has 2 aromatic heterocycles. The maximum absolute atomic E-state index is 4.24. The lowest BCUT2D eigenvalue weighted by atomic mass is 10.1. The molecular weight excluding hydrogens is 228 g/mol. The minimum absolute atomic E-state index is 0.559. The zero-order chi connectivity index (χ0) is 11.5. The Morgan fingerprint density at radius 1 is 1.41 bits per heavy atom. The molecule has 0 saturated carbocycles. The third kappa shape index (κ3) is 2.40. The molecule has 3 heterocycles. The van der Waals surface area contributed by atoms with E-state index in [0.717, 1.165) is 6.54 Å². The number of thiophene rings is 1. The molecule has 0 aliphatic carbocycles. The average Bonchev–Trinajstić information content (AvgIpc) is 3.02. The maximum Gasteiger partial charge on any atom is 0.0367 e. The summed E-state index contributed by atoms with van der Waals surface area (Å²) in [5.74, 6) is 0. The van der Waals surface area contributed by atoms with Gasteiger partial charge >= 0.3 is 0 Å². The molecule has 1 fully saturated rings. The normalized spacial score (nSPS) is 20.8. The van der Waals surface area contributed by atoms with Gasteiger partial charge in [-0.1, -0.05) is 6.07 Å². The Balaban J connectivity index is 1.76. The fourth-order valence-corrected chi connectivity index (χ4v) is 3.24. The van der Waals surface area contributed by atoms with E-state index in [4.69, 9.17) is 0 Å². The van der Waals surface area contributed by atoms with Crippen LogP contribution in [0.5, 0.6) is 0 Å². The molecule has 1 atom stereocenters. The monoisotopic (exact) mass is 244 g/mol. The number of pyridine rings is 1. The lowest BCUT2D eigenvalue weighted by molar-refractivity contribution is 0.248. The summed E-state index contributed by atoms with van der Waals surface area (Å²) < 4.78 is 0. The molecular formula is C14H16N2S. The third-order valence-electron chi connectivity index (χ3n) is 3.40. The molecule has 2 aromatic rings. The van der Waals surface area contributed by atoms with E-state index in [1.165, 1.54) is 30.5 Å². The first kappa shape index (κ1) is 10.9. The highest BCUT2D eigenvalue weighted by molar-refractivity contribution is 7.07. The van der Waals surface area contributed by atoms with Gasteiger partial charge in [0.2, 0.25) is 0 Å². The molecule has 1 unspecified atom stereocenters. The Morgan fingerprint density at radius 2 is 2.41 bits per heavy atom. The molecule has 1 aliphatic heterocycles. The van der Waals surface area contributed by atoms with Gasteiger partial charge in [-0.05, 0) is 53.4 Å². The van der Waals surface area contributed by atoms with Crippen LogP contribution in [-0.4, -0.2) is 16.4 Å². The highest BCUT2D eigenvalue weighted by Crippen LogP contribution is 2.32. The van der Waals surface area contributed by atoms with Crippen LogP contribution in [0.25, 0.3) is 0 Å². The van der Waals surface area contributed by atoms with Crippen LogP contribution in [0.4, 0.5) is 0 Å². The Labute approximate surface area is 106 Å². The zero-order valence-electron chi connectivity index (χ0n) is 9.75. The van der Waals surface area contributed by atoms with E-state index < -0.39 is 0 Å². The number of hydrogen-bond acceptors (Lipinski definition) is 3. The van der Waals surface area contributed by atoms with Crippen LogP contribution < -0.4 is 0 Å². The van der Waals surface area contributed by atoms with Crippen LogP contribution in [0.3, 0.4) is 0 Å². The molecule has 88 valence electrons. The number of aromatic nitrogens is 1. The molecule has 1 saturated heterocycles. The van der Waals surface area contributed by atoms with E-state index in [2.05, 4.69) is 32.8 Å². The molecule has 3 rings (SSSR count). The average molecular weight is 244 g/mol. The molecule has 0 spiro atoms. The highest BCUT2D eigenvalue weighted by atomic mass is 32.1. The molecule has 17 heavy (non-hydrogen) atoms. The van der Waals surface area contributed by atoms with Crippen LogP contribution in [0.2, 0.25) is 0 Å². The lowest BCUT2D eigenvalue weighted by Crippen LogP contribution is -2.22. The van der Waals surface area contributed by atoms with E-state index in [-0.39, 0.29) is 0 Å². The van der Waals surface area contributed by atoms with E-state index in [1.54, 1.807) is 11.3 Å². The van der Waals surface area contributed by atoms with E-state index >= 15 is 0 Å². The van der Waals surface area contributed by atoms with Gasteiger partial charge in [-0.3, -0.25) is 9.88 Å². The van der Waals surface area contributed by atoms with Crippen LogP contribution in [-0.2, 0) is 6.54 Å². The summed E-state index contributed by atoms with van der Waals surface area (Å²) in [7, 11) is 0. The summed E-state index contributed by atoms with van der Waals surface area (Å²) >= 11 is 1.78. The zero-order valence-corrected chi connectivity index (χ0v) is 10.6. The molecule has 0 aromatic carbocycles.